The van der Waals surface area contributed by atoms with Crippen LogP contribution < -0.4 is 19.9 Å². The van der Waals surface area contributed by atoms with Gasteiger partial charge in [0.05, 0.1) is 31.7 Å². The van der Waals surface area contributed by atoms with Crippen LogP contribution in [0, 0.1) is 11.6 Å². The van der Waals surface area contributed by atoms with E-state index in [1.54, 1.807) is 24.1 Å². The summed E-state index contributed by atoms with van der Waals surface area (Å²) in [6, 6.07) is 6.76. The van der Waals surface area contributed by atoms with Crippen molar-refractivity contribution in [2.45, 2.75) is 6.54 Å². The number of rotatable bonds is 5. The second kappa shape index (κ2) is 6.99. The van der Waals surface area contributed by atoms with Crippen LogP contribution in [0.5, 0.6) is 11.5 Å². The third kappa shape index (κ3) is 3.30. The molecule has 0 bridgehead atoms. The van der Waals surface area contributed by atoms with E-state index in [0.29, 0.717) is 33.9 Å². The first-order valence-electron chi connectivity index (χ1n) is 7.74. The predicted octanol–water partition coefficient (Wildman–Crippen LogP) is 2.85. The Morgan fingerprint density at radius 1 is 1.08 bits per heavy atom. The lowest BCUT2D eigenvalue weighted by Crippen LogP contribution is -2.21. The van der Waals surface area contributed by atoms with Crippen LogP contribution in [0.25, 0.3) is 10.9 Å². The lowest BCUT2D eigenvalue weighted by atomic mass is 10.2. The van der Waals surface area contributed by atoms with Gasteiger partial charge in [-0.2, -0.15) is 0 Å². The fourth-order valence-electron chi connectivity index (χ4n) is 2.63. The lowest BCUT2D eigenvalue weighted by molar-refractivity contribution is 0.355. The molecule has 3 rings (SSSR count). The SMILES string of the molecule is COc1cc2nc(CN(C)c3ccc(F)c(F)c3)[nH]c(=O)c2cc1OC. The first-order valence-corrected chi connectivity index (χ1v) is 7.74. The van der Waals surface area contributed by atoms with Crippen LogP contribution in [-0.2, 0) is 6.54 Å². The number of hydrogen-bond acceptors (Lipinski definition) is 5. The number of benzene rings is 2. The number of methoxy groups -OCH3 is 2. The highest BCUT2D eigenvalue weighted by atomic mass is 19.2. The summed E-state index contributed by atoms with van der Waals surface area (Å²) < 4.78 is 36.9. The zero-order chi connectivity index (χ0) is 18.8. The summed E-state index contributed by atoms with van der Waals surface area (Å²) in [5.74, 6) is -0.592. The summed E-state index contributed by atoms with van der Waals surface area (Å²) in [6.45, 7) is 0.199. The zero-order valence-electron chi connectivity index (χ0n) is 14.5. The van der Waals surface area contributed by atoms with Gasteiger partial charge < -0.3 is 19.4 Å². The van der Waals surface area contributed by atoms with Gasteiger partial charge in [0.15, 0.2) is 23.1 Å². The van der Waals surface area contributed by atoms with E-state index in [1.165, 1.54) is 20.3 Å². The van der Waals surface area contributed by atoms with Crippen LogP contribution in [0.2, 0.25) is 0 Å². The number of halogens is 2. The molecule has 26 heavy (non-hydrogen) atoms. The second-order valence-corrected chi connectivity index (χ2v) is 5.69. The fourth-order valence-corrected chi connectivity index (χ4v) is 2.63. The molecule has 1 N–H and O–H groups in total. The fraction of sp³-hybridized carbons (Fsp3) is 0.222. The molecule has 0 spiro atoms. The molecule has 6 nitrogen and oxygen atoms in total. The number of hydrogen-bond donors (Lipinski definition) is 1. The molecule has 0 saturated carbocycles. The largest absolute Gasteiger partial charge is 0.493 e. The predicted molar refractivity (Wildman–Crippen MR) is 93.9 cm³/mol. The maximum absolute atomic E-state index is 13.4. The van der Waals surface area contributed by atoms with Crippen molar-refractivity contribution in [1.82, 2.24) is 9.97 Å². The highest BCUT2D eigenvalue weighted by Crippen LogP contribution is 2.30. The van der Waals surface area contributed by atoms with Crippen molar-refractivity contribution in [1.29, 1.82) is 0 Å². The molecule has 0 amide bonds. The number of nitrogens with zero attached hydrogens (tertiary/aromatic N) is 2. The summed E-state index contributed by atoms with van der Waals surface area (Å²) in [6.07, 6.45) is 0. The van der Waals surface area contributed by atoms with Gasteiger partial charge in [-0.25, -0.2) is 13.8 Å². The van der Waals surface area contributed by atoms with Crippen LogP contribution in [0.15, 0.2) is 35.1 Å². The third-order valence-corrected chi connectivity index (χ3v) is 3.99. The quantitative estimate of drug-likeness (QED) is 0.757. The molecular formula is C18H17F2N3O3. The number of aromatic nitrogens is 2. The molecule has 1 aromatic heterocycles. The first-order chi connectivity index (χ1) is 12.4. The Labute approximate surface area is 148 Å². The van der Waals surface area contributed by atoms with Crippen molar-refractivity contribution in [3.05, 3.63) is 58.1 Å². The summed E-state index contributed by atoms with van der Waals surface area (Å²) >= 11 is 0. The molecule has 8 heteroatoms. The molecule has 136 valence electrons. The molecular weight excluding hydrogens is 344 g/mol. The number of anilines is 1. The van der Waals surface area contributed by atoms with E-state index in [0.717, 1.165) is 12.1 Å². The first kappa shape index (κ1) is 17.7. The minimum Gasteiger partial charge on any atom is -0.493 e. The van der Waals surface area contributed by atoms with Crippen molar-refractivity contribution in [3.63, 3.8) is 0 Å². The van der Waals surface area contributed by atoms with Crippen LogP contribution in [0.3, 0.4) is 0 Å². The number of ether oxygens (including phenoxy) is 2. The standard InChI is InChI=1S/C18H17F2N3O3/c1-23(10-4-5-12(19)13(20)6-10)9-17-21-14-8-16(26-3)15(25-2)7-11(14)18(24)22-17/h4-8H,9H2,1-3H3,(H,21,22,24). The molecule has 0 saturated heterocycles. The summed E-state index contributed by atoms with van der Waals surface area (Å²) in [4.78, 5) is 21.1. The number of nitrogens with one attached hydrogen (secondary N) is 1. The van der Waals surface area contributed by atoms with E-state index in [-0.39, 0.29) is 12.1 Å². The molecule has 0 fully saturated rings. The molecule has 3 aromatic rings. The summed E-state index contributed by atoms with van der Waals surface area (Å²) in [5, 5.41) is 0.363. The van der Waals surface area contributed by atoms with Gasteiger partial charge in [0.1, 0.15) is 5.82 Å². The Kier molecular flexibility index (Phi) is 4.75. The molecule has 0 radical (unpaired) electrons. The van der Waals surface area contributed by atoms with Gasteiger partial charge in [-0.05, 0) is 18.2 Å². The number of fused-ring (bicyclic) bond motifs is 1. The van der Waals surface area contributed by atoms with Gasteiger partial charge in [0.2, 0.25) is 0 Å². The van der Waals surface area contributed by atoms with E-state index < -0.39 is 11.6 Å². The average Bonchev–Trinajstić information content (AvgIpc) is 2.62. The van der Waals surface area contributed by atoms with Crippen LogP contribution in [-0.4, -0.2) is 31.2 Å². The third-order valence-electron chi connectivity index (χ3n) is 3.99. The minimum atomic E-state index is -0.939. The van der Waals surface area contributed by atoms with E-state index in [1.807, 2.05) is 0 Å². The molecule has 2 aromatic carbocycles. The van der Waals surface area contributed by atoms with Crippen molar-refractivity contribution in [2.75, 3.05) is 26.2 Å². The Morgan fingerprint density at radius 2 is 1.77 bits per heavy atom. The van der Waals surface area contributed by atoms with Gasteiger partial charge in [-0.15, -0.1) is 0 Å². The Bertz CT molecular complexity index is 1020. The molecule has 0 atom stereocenters. The van der Waals surface area contributed by atoms with Gasteiger partial charge in [-0.3, -0.25) is 4.79 Å². The summed E-state index contributed by atoms with van der Waals surface area (Å²) in [5.41, 5.74) is 0.573. The van der Waals surface area contributed by atoms with Crippen molar-refractivity contribution >= 4 is 16.6 Å². The Hall–Kier alpha value is -3.16. The average molecular weight is 361 g/mol. The number of H-pyrrole nitrogens is 1. The van der Waals surface area contributed by atoms with Crippen molar-refractivity contribution in [2.24, 2.45) is 0 Å². The molecule has 0 aliphatic heterocycles. The van der Waals surface area contributed by atoms with Crippen molar-refractivity contribution < 1.29 is 18.3 Å². The highest BCUT2D eigenvalue weighted by Gasteiger charge is 2.13. The normalized spacial score (nSPS) is 10.8. The molecule has 0 aliphatic carbocycles. The van der Waals surface area contributed by atoms with Gasteiger partial charge in [-0.1, -0.05) is 0 Å². The monoisotopic (exact) mass is 361 g/mol. The Morgan fingerprint density at radius 3 is 2.42 bits per heavy atom. The minimum absolute atomic E-state index is 0.199. The smallest absolute Gasteiger partial charge is 0.258 e. The second-order valence-electron chi connectivity index (χ2n) is 5.69. The Balaban J connectivity index is 1.97. The topological polar surface area (TPSA) is 67.5 Å². The molecule has 1 heterocycles. The lowest BCUT2D eigenvalue weighted by Gasteiger charge is -2.19. The van der Waals surface area contributed by atoms with Gasteiger partial charge >= 0.3 is 0 Å². The highest BCUT2D eigenvalue weighted by molar-refractivity contribution is 5.81. The maximum Gasteiger partial charge on any atom is 0.258 e. The molecule has 0 aliphatic rings. The van der Waals surface area contributed by atoms with Crippen LogP contribution in [0.4, 0.5) is 14.5 Å². The van der Waals surface area contributed by atoms with E-state index >= 15 is 0 Å². The zero-order valence-corrected chi connectivity index (χ0v) is 14.5. The van der Waals surface area contributed by atoms with Gasteiger partial charge in [0.25, 0.3) is 5.56 Å². The van der Waals surface area contributed by atoms with E-state index in [2.05, 4.69) is 9.97 Å². The van der Waals surface area contributed by atoms with E-state index in [4.69, 9.17) is 9.47 Å². The van der Waals surface area contributed by atoms with Crippen LogP contribution >= 0.6 is 0 Å². The van der Waals surface area contributed by atoms with Gasteiger partial charge in [0, 0.05) is 24.9 Å². The van der Waals surface area contributed by atoms with E-state index in [9.17, 15) is 13.6 Å². The maximum atomic E-state index is 13.4. The molecule has 0 unspecified atom stereocenters. The van der Waals surface area contributed by atoms with Crippen LogP contribution in [0.1, 0.15) is 5.82 Å². The summed E-state index contributed by atoms with van der Waals surface area (Å²) in [7, 11) is 4.66. The number of aromatic amines is 1. The van der Waals surface area contributed by atoms with Crippen molar-refractivity contribution in [3.8, 4) is 11.5 Å².